The van der Waals surface area contributed by atoms with Crippen LogP contribution in [0.15, 0.2) is 61.1 Å². The number of hydrogen-bond donors (Lipinski definition) is 1. The van der Waals surface area contributed by atoms with E-state index in [2.05, 4.69) is 21.3 Å². The number of H-pyrrole nitrogens is 1. The number of aromatic amines is 1. The number of aromatic nitrogens is 3. The number of fused-ring (bicyclic) bond motifs is 2. The van der Waals surface area contributed by atoms with Gasteiger partial charge in [-0.05, 0) is 6.07 Å². The van der Waals surface area contributed by atoms with Crippen LogP contribution in [0.25, 0.3) is 21.7 Å². The molecule has 2 aromatic carbocycles. The number of urea groups is 1. The smallest absolute Gasteiger partial charge is 0.289 e. The minimum atomic E-state index is -0.608. The molecule has 1 atom stereocenters. The fourth-order valence-corrected chi connectivity index (χ4v) is 3.64. The molecule has 27 heavy (non-hydrogen) atoms. The van der Waals surface area contributed by atoms with Crippen LogP contribution in [0.4, 0.5) is 16.2 Å². The van der Waals surface area contributed by atoms with Crippen molar-refractivity contribution >= 4 is 39.1 Å². The molecule has 0 spiro atoms. The van der Waals surface area contributed by atoms with Gasteiger partial charge < -0.3 is 0 Å². The van der Waals surface area contributed by atoms with E-state index in [0.717, 1.165) is 21.7 Å². The van der Waals surface area contributed by atoms with Gasteiger partial charge in [0.1, 0.15) is 6.04 Å². The van der Waals surface area contributed by atoms with E-state index in [4.69, 9.17) is 0 Å². The van der Waals surface area contributed by atoms with Crippen molar-refractivity contribution in [2.45, 2.75) is 6.04 Å². The third kappa shape index (κ3) is 2.24. The van der Waals surface area contributed by atoms with E-state index in [1.54, 1.807) is 23.5 Å². The quantitative estimate of drug-likeness (QED) is 0.597. The summed E-state index contributed by atoms with van der Waals surface area (Å²) in [6.07, 6.45) is 5.11. The number of para-hydroxylation sites is 1. The molecule has 4 aromatic rings. The molecular weight excluding hydrogens is 340 g/mol. The maximum atomic E-state index is 13.3. The molecule has 0 bridgehead atoms. The number of nitriles is 1. The summed E-state index contributed by atoms with van der Waals surface area (Å²) in [4.78, 5) is 20.7. The first kappa shape index (κ1) is 15.3. The Bertz CT molecular complexity index is 1220. The maximum absolute atomic E-state index is 13.3. The number of nitrogens with zero attached hydrogens (tertiary/aromatic N) is 5. The Hall–Kier alpha value is -3.92. The number of hydrogen-bond acceptors (Lipinski definition) is 4. The number of anilines is 2. The van der Waals surface area contributed by atoms with E-state index < -0.39 is 6.04 Å². The second kappa shape index (κ2) is 5.81. The third-order valence-corrected chi connectivity index (χ3v) is 4.91. The Labute approximate surface area is 154 Å². The second-order valence-electron chi connectivity index (χ2n) is 6.40. The molecule has 2 amide bonds. The largest absolute Gasteiger partial charge is 0.330 e. The van der Waals surface area contributed by atoms with Crippen molar-refractivity contribution in [1.29, 1.82) is 5.26 Å². The SMILES string of the molecule is N#C[C@@H]1CN(c2cccc3cn[nH]c23)C(=O)N1c1cncc2ccccc12. The molecule has 1 fully saturated rings. The molecule has 0 saturated carbocycles. The zero-order valence-corrected chi connectivity index (χ0v) is 14.2. The lowest BCUT2D eigenvalue weighted by molar-refractivity contribution is 0.255. The Morgan fingerprint density at radius 3 is 2.78 bits per heavy atom. The summed E-state index contributed by atoms with van der Waals surface area (Å²) < 4.78 is 0. The van der Waals surface area contributed by atoms with Crippen molar-refractivity contribution in [2.24, 2.45) is 0 Å². The zero-order valence-electron chi connectivity index (χ0n) is 14.2. The first-order chi connectivity index (χ1) is 13.3. The van der Waals surface area contributed by atoms with E-state index in [9.17, 15) is 10.1 Å². The van der Waals surface area contributed by atoms with Gasteiger partial charge in [-0.3, -0.25) is 19.9 Å². The maximum Gasteiger partial charge on any atom is 0.330 e. The summed E-state index contributed by atoms with van der Waals surface area (Å²) in [6.45, 7) is 0.274. The van der Waals surface area contributed by atoms with Crippen LogP contribution >= 0.6 is 0 Å². The van der Waals surface area contributed by atoms with Crippen molar-refractivity contribution < 1.29 is 4.79 Å². The molecule has 1 saturated heterocycles. The molecule has 1 N–H and O–H groups in total. The van der Waals surface area contributed by atoms with Gasteiger partial charge in [-0.15, -0.1) is 0 Å². The third-order valence-electron chi connectivity index (χ3n) is 4.91. The molecule has 5 rings (SSSR count). The Morgan fingerprint density at radius 1 is 1.04 bits per heavy atom. The number of nitrogens with one attached hydrogen (secondary N) is 1. The van der Waals surface area contributed by atoms with Crippen molar-refractivity contribution in [3.05, 3.63) is 61.1 Å². The van der Waals surface area contributed by atoms with Crippen LogP contribution < -0.4 is 9.80 Å². The van der Waals surface area contributed by atoms with Crippen molar-refractivity contribution in [3.63, 3.8) is 0 Å². The van der Waals surface area contributed by atoms with Crippen molar-refractivity contribution in [1.82, 2.24) is 15.2 Å². The second-order valence-corrected chi connectivity index (χ2v) is 6.40. The van der Waals surface area contributed by atoms with Crippen LogP contribution in [0.1, 0.15) is 0 Å². The summed E-state index contributed by atoms with van der Waals surface area (Å²) in [7, 11) is 0. The summed E-state index contributed by atoms with van der Waals surface area (Å²) in [5, 5.41) is 19.5. The van der Waals surface area contributed by atoms with Gasteiger partial charge in [0.15, 0.2) is 0 Å². The van der Waals surface area contributed by atoms with Gasteiger partial charge in [-0.25, -0.2) is 4.79 Å². The van der Waals surface area contributed by atoms with E-state index in [1.165, 1.54) is 4.90 Å². The Kier molecular flexibility index (Phi) is 3.30. The van der Waals surface area contributed by atoms with E-state index >= 15 is 0 Å². The number of pyridine rings is 1. The zero-order chi connectivity index (χ0) is 18.4. The molecule has 2 aromatic heterocycles. The molecular formula is C20H14N6O. The molecule has 130 valence electrons. The highest BCUT2D eigenvalue weighted by molar-refractivity contribution is 6.14. The van der Waals surface area contributed by atoms with Gasteiger partial charge in [0.25, 0.3) is 0 Å². The van der Waals surface area contributed by atoms with Crippen LogP contribution in [-0.2, 0) is 0 Å². The molecule has 0 aliphatic carbocycles. The fourth-order valence-electron chi connectivity index (χ4n) is 3.64. The van der Waals surface area contributed by atoms with Crippen LogP contribution in [0.5, 0.6) is 0 Å². The normalized spacial score (nSPS) is 17.0. The van der Waals surface area contributed by atoms with Gasteiger partial charge in [0.05, 0.1) is 41.9 Å². The van der Waals surface area contributed by atoms with E-state index in [-0.39, 0.29) is 12.6 Å². The lowest BCUT2D eigenvalue weighted by Crippen LogP contribution is -2.34. The van der Waals surface area contributed by atoms with Crippen LogP contribution in [0, 0.1) is 11.3 Å². The fraction of sp³-hybridized carbons (Fsp3) is 0.100. The molecule has 1 aliphatic heterocycles. The minimum Gasteiger partial charge on any atom is -0.289 e. The first-order valence-electron chi connectivity index (χ1n) is 8.53. The Balaban J connectivity index is 1.65. The standard InChI is InChI=1S/C20H14N6O/c21-8-15-12-25(17-7-3-5-14-10-23-24-19(14)17)20(27)26(15)18-11-22-9-13-4-1-2-6-16(13)18/h1-7,9-11,15H,12H2,(H,23,24)/t15-/m1/s1. The van der Waals surface area contributed by atoms with Crippen LogP contribution in [0.2, 0.25) is 0 Å². The average Bonchev–Trinajstić information content (AvgIpc) is 3.31. The lowest BCUT2D eigenvalue weighted by atomic mass is 10.1. The van der Waals surface area contributed by atoms with E-state index in [1.807, 2.05) is 42.5 Å². The monoisotopic (exact) mass is 354 g/mol. The number of amides is 2. The molecule has 0 radical (unpaired) electrons. The highest BCUT2D eigenvalue weighted by Gasteiger charge is 2.40. The molecule has 7 heteroatoms. The Morgan fingerprint density at radius 2 is 1.89 bits per heavy atom. The van der Waals surface area contributed by atoms with Gasteiger partial charge in [0, 0.05) is 22.4 Å². The van der Waals surface area contributed by atoms with E-state index in [0.29, 0.717) is 11.4 Å². The molecule has 0 unspecified atom stereocenters. The van der Waals surface area contributed by atoms with Crippen molar-refractivity contribution in [3.8, 4) is 6.07 Å². The van der Waals surface area contributed by atoms with Crippen LogP contribution in [-0.4, -0.2) is 33.8 Å². The van der Waals surface area contributed by atoms with Gasteiger partial charge in [-0.1, -0.05) is 36.4 Å². The molecule has 1 aliphatic rings. The summed E-state index contributed by atoms with van der Waals surface area (Å²) >= 11 is 0. The number of carbonyl (C=O) groups excluding carboxylic acids is 1. The highest BCUT2D eigenvalue weighted by atomic mass is 16.2. The first-order valence-corrected chi connectivity index (χ1v) is 8.53. The van der Waals surface area contributed by atoms with Gasteiger partial charge >= 0.3 is 6.03 Å². The lowest BCUT2D eigenvalue weighted by Gasteiger charge is -2.21. The minimum absolute atomic E-state index is 0.248. The molecule has 7 nitrogen and oxygen atoms in total. The predicted octanol–water partition coefficient (Wildman–Crippen LogP) is 3.45. The summed E-state index contributed by atoms with van der Waals surface area (Å²) in [6, 6.07) is 14.8. The number of benzene rings is 2. The summed E-state index contributed by atoms with van der Waals surface area (Å²) in [5.41, 5.74) is 2.13. The average molecular weight is 354 g/mol. The number of carbonyl (C=O) groups is 1. The highest BCUT2D eigenvalue weighted by Crippen LogP contribution is 2.35. The predicted molar refractivity (Wildman–Crippen MR) is 102 cm³/mol. The molecule has 3 heterocycles. The van der Waals surface area contributed by atoms with Crippen molar-refractivity contribution in [2.75, 3.05) is 16.3 Å². The number of rotatable bonds is 2. The van der Waals surface area contributed by atoms with Crippen LogP contribution in [0.3, 0.4) is 0 Å². The topological polar surface area (TPSA) is 88.9 Å². The summed E-state index contributed by atoms with van der Waals surface area (Å²) in [5.74, 6) is 0. The van der Waals surface area contributed by atoms with Gasteiger partial charge in [-0.2, -0.15) is 10.4 Å². The van der Waals surface area contributed by atoms with Gasteiger partial charge in [0.2, 0.25) is 0 Å².